The molecular weight excluding hydrogens is 384 g/mol. The van der Waals surface area contributed by atoms with Crippen molar-refractivity contribution in [2.75, 3.05) is 0 Å². The van der Waals surface area contributed by atoms with Crippen LogP contribution in [0.2, 0.25) is 0 Å². The van der Waals surface area contributed by atoms with Crippen molar-refractivity contribution in [3.63, 3.8) is 0 Å². The molecule has 1 aromatic heterocycles. The molecule has 140 valence electrons. The molecule has 0 unspecified atom stereocenters. The number of aromatic nitrogens is 1. The van der Waals surface area contributed by atoms with E-state index in [4.69, 9.17) is 12.2 Å². The van der Waals surface area contributed by atoms with Gasteiger partial charge in [-0.05, 0) is 48.7 Å². The van der Waals surface area contributed by atoms with Gasteiger partial charge in [0.2, 0.25) is 0 Å². The van der Waals surface area contributed by atoms with Gasteiger partial charge in [0.25, 0.3) is 5.91 Å². The lowest BCUT2D eigenvalue weighted by Crippen LogP contribution is -2.27. The van der Waals surface area contributed by atoms with E-state index in [1.807, 2.05) is 54.6 Å². The minimum Gasteiger partial charge on any atom is -0.320 e. The van der Waals surface area contributed by atoms with E-state index in [1.165, 1.54) is 11.8 Å². The van der Waals surface area contributed by atoms with E-state index in [1.54, 1.807) is 4.90 Å². The molecule has 2 heterocycles. The van der Waals surface area contributed by atoms with Gasteiger partial charge in [-0.2, -0.15) is 0 Å². The lowest BCUT2D eigenvalue weighted by molar-refractivity contribution is -0.122. The van der Waals surface area contributed by atoms with Crippen LogP contribution in [-0.4, -0.2) is 19.7 Å². The van der Waals surface area contributed by atoms with Crippen LogP contribution in [0.4, 0.5) is 0 Å². The molecule has 0 atom stereocenters. The number of carbonyl (C=O) groups is 1. The lowest BCUT2D eigenvalue weighted by atomic mass is 10.1. The molecular formula is C23H20N2OS2. The Morgan fingerprint density at radius 3 is 2.32 bits per heavy atom. The first-order valence-corrected chi connectivity index (χ1v) is 10.3. The van der Waals surface area contributed by atoms with E-state index >= 15 is 0 Å². The standard InChI is InChI=1S/C23H20N2OS2/c1-16-14-24(19-11-7-4-8-12-19)17(2)20(16)13-21-22(26)25(23(27)28-21)15-18-9-5-3-6-10-18/h3-14H,15H2,1-2H3/b21-13-. The quantitative estimate of drug-likeness (QED) is 0.424. The number of carbonyl (C=O) groups excluding carboxylic acids is 1. The zero-order valence-electron chi connectivity index (χ0n) is 15.8. The average molecular weight is 405 g/mol. The van der Waals surface area contributed by atoms with Gasteiger partial charge in [0.1, 0.15) is 4.32 Å². The molecule has 3 aromatic rings. The van der Waals surface area contributed by atoms with Gasteiger partial charge in [-0.1, -0.05) is 72.5 Å². The number of thioether (sulfide) groups is 1. The summed E-state index contributed by atoms with van der Waals surface area (Å²) in [5, 5.41) is 0. The Morgan fingerprint density at radius 2 is 1.64 bits per heavy atom. The second-order valence-corrected chi connectivity index (χ2v) is 8.45. The summed E-state index contributed by atoms with van der Waals surface area (Å²) in [5.74, 6) is -0.0230. The Hall–Kier alpha value is -2.63. The number of hydrogen-bond acceptors (Lipinski definition) is 3. The molecule has 0 aliphatic carbocycles. The molecule has 5 heteroatoms. The number of benzene rings is 2. The average Bonchev–Trinajstić information content (AvgIpc) is 3.14. The normalized spacial score (nSPS) is 15.6. The Balaban J connectivity index is 1.64. The van der Waals surface area contributed by atoms with Gasteiger partial charge in [0, 0.05) is 17.6 Å². The van der Waals surface area contributed by atoms with Crippen LogP contribution in [0.3, 0.4) is 0 Å². The molecule has 1 aliphatic rings. The molecule has 1 aliphatic heterocycles. The van der Waals surface area contributed by atoms with E-state index in [0.29, 0.717) is 15.8 Å². The van der Waals surface area contributed by atoms with Crippen LogP contribution < -0.4 is 0 Å². The summed E-state index contributed by atoms with van der Waals surface area (Å²) in [4.78, 5) is 15.3. The first kappa shape index (κ1) is 18.7. The highest BCUT2D eigenvalue weighted by molar-refractivity contribution is 8.26. The van der Waals surface area contributed by atoms with Crippen LogP contribution >= 0.6 is 24.0 Å². The Labute approximate surface area is 174 Å². The summed E-state index contributed by atoms with van der Waals surface area (Å²) in [6, 6.07) is 20.2. The van der Waals surface area contributed by atoms with Crippen molar-refractivity contribution in [2.24, 2.45) is 0 Å². The van der Waals surface area contributed by atoms with E-state index in [-0.39, 0.29) is 5.91 Å². The summed E-state index contributed by atoms with van der Waals surface area (Å²) in [6.45, 7) is 4.66. The van der Waals surface area contributed by atoms with Crippen molar-refractivity contribution in [3.8, 4) is 5.69 Å². The first-order valence-electron chi connectivity index (χ1n) is 9.08. The molecule has 28 heavy (non-hydrogen) atoms. The fourth-order valence-corrected chi connectivity index (χ4v) is 4.62. The fraction of sp³-hybridized carbons (Fsp3) is 0.130. The SMILES string of the molecule is Cc1cn(-c2ccccc2)c(C)c1/C=C1\SC(=S)N(Cc2ccccc2)C1=O. The molecule has 2 aromatic carbocycles. The van der Waals surface area contributed by atoms with Crippen molar-refractivity contribution in [2.45, 2.75) is 20.4 Å². The third kappa shape index (κ3) is 3.55. The molecule has 4 rings (SSSR count). The monoisotopic (exact) mass is 404 g/mol. The second kappa shape index (κ2) is 7.78. The summed E-state index contributed by atoms with van der Waals surface area (Å²) in [7, 11) is 0. The highest BCUT2D eigenvalue weighted by atomic mass is 32.2. The molecule has 0 N–H and O–H groups in total. The Kier molecular flexibility index (Phi) is 5.20. The molecule has 0 radical (unpaired) electrons. The predicted octanol–water partition coefficient (Wildman–Crippen LogP) is 5.50. The number of rotatable bonds is 4. The number of amides is 1. The summed E-state index contributed by atoms with van der Waals surface area (Å²) >= 11 is 6.86. The van der Waals surface area contributed by atoms with E-state index in [2.05, 4.69) is 36.7 Å². The number of para-hydroxylation sites is 1. The molecule has 1 saturated heterocycles. The van der Waals surface area contributed by atoms with Crippen LogP contribution in [0.1, 0.15) is 22.4 Å². The lowest BCUT2D eigenvalue weighted by Gasteiger charge is -2.14. The zero-order valence-corrected chi connectivity index (χ0v) is 17.4. The fourth-order valence-electron chi connectivity index (χ4n) is 3.38. The third-order valence-corrected chi connectivity index (χ3v) is 6.24. The Morgan fingerprint density at radius 1 is 1.00 bits per heavy atom. The predicted molar refractivity (Wildman–Crippen MR) is 120 cm³/mol. The zero-order chi connectivity index (χ0) is 19.7. The summed E-state index contributed by atoms with van der Waals surface area (Å²) < 4.78 is 2.77. The maximum absolute atomic E-state index is 13.0. The van der Waals surface area contributed by atoms with Crippen LogP contribution in [0, 0.1) is 13.8 Å². The van der Waals surface area contributed by atoms with Crippen molar-refractivity contribution in [1.82, 2.24) is 9.47 Å². The minimum absolute atomic E-state index is 0.0230. The highest BCUT2D eigenvalue weighted by Crippen LogP contribution is 2.35. The number of nitrogens with zero attached hydrogens (tertiary/aromatic N) is 2. The van der Waals surface area contributed by atoms with Gasteiger partial charge in [0.05, 0.1) is 11.4 Å². The smallest absolute Gasteiger partial charge is 0.266 e. The van der Waals surface area contributed by atoms with Crippen molar-refractivity contribution >= 4 is 40.3 Å². The van der Waals surface area contributed by atoms with Gasteiger partial charge < -0.3 is 4.57 Å². The number of thiocarbonyl (C=S) groups is 1. The van der Waals surface area contributed by atoms with Gasteiger partial charge in [-0.3, -0.25) is 9.69 Å². The van der Waals surface area contributed by atoms with E-state index < -0.39 is 0 Å². The van der Waals surface area contributed by atoms with Gasteiger partial charge in [-0.25, -0.2) is 0 Å². The molecule has 3 nitrogen and oxygen atoms in total. The Bertz CT molecular complexity index is 1070. The number of hydrogen-bond donors (Lipinski definition) is 0. The van der Waals surface area contributed by atoms with E-state index in [0.717, 1.165) is 28.1 Å². The third-order valence-electron chi connectivity index (χ3n) is 4.87. The maximum atomic E-state index is 13.0. The largest absolute Gasteiger partial charge is 0.320 e. The van der Waals surface area contributed by atoms with Crippen LogP contribution in [0.5, 0.6) is 0 Å². The molecule has 1 amide bonds. The highest BCUT2D eigenvalue weighted by Gasteiger charge is 2.32. The van der Waals surface area contributed by atoms with Crippen molar-refractivity contribution in [1.29, 1.82) is 0 Å². The second-order valence-electron chi connectivity index (χ2n) is 6.77. The summed E-state index contributed by atoms with van der Waals surface area (Å²) in [5.41, 5.74) is 5.50. The minimum atomic E-state index is -0.0230. The van der Waals surface area contributed by atoms with Gasteiger partial charge in [0.15, 0.2) is 0 Å². The molecule has 0 spiro atoms. The van der Waals surface area contributed by atoms with Crippen LogP contribution in [0.15, 0.2) is 71.8 Å². The van der Waals surface area contributed by atoms with Crippen LogP contribution in [0.25, 0.3) is 11.8 Å². The van der Waals surface area contributed by atoms with Crippen molar-refractivity contribution < 1.29 is 4.79 Å². The summed E-state index contributed by atoms with van der Waals surface area (Å²) in [6.07, 6.45) is 4.09. The van der Waals surface area contributed by atoms with Crippen molar-refractivity contribution in [3.05, 3.63) is 94.1 Å². The van der Waals surface area contributed by atoms with Gasteiger partial charge in [-0.15, -0.1) is 0 Å². The first-order chi connectivity index (χ1) is 13.5. The maximum Gasteiger partial charge on any atom is 0.266 e. The topological polar surface area (TPSA) is 25.2 Å². The number of aryl methyl sites for hydroxylation is 1. The van der Waals surface area contributed by atoms with Gasteiger partial charge >= 0.3 is 0 Å². The van der Waals surface area contributed by atoms with E-state index in [9.17, 15) is 4.79 Å². The van der Waals surface area contributed by atoms with Crippen LogP contribution in [-0.2, 0) is 11.3 Å². The molecule has 0 bridgehead atoms. The molecule has 0 saturated carbocycles. The molecule has 1 fully saturated rings.